The molecule has 0 bridgehead atoms. The Morgan fingerprint density at radius 3 is 2.80 bits per heavy atom. The summed E-state index contributed by atoms with van der Waals surface area (Å²) < 4.78 is 5.31. The van der Waals surface area contributed by atoms with Crippen LogP contribution >= 0.6 is 0 Å². The van der Waals surface area contributed by atoms with E-state index in [1.54, 1.807) is 7.11 Å². The molecule has 0 radical (unpaired) electrons. The molecule has 2 aromatic rings. The molecule has 1 amide bonds. The zero-order valence-electron chi connectivity index (χ0n) is 15.2. The topological polar surface area (TPSA) is 41.6 Å². The molecule has 0 saturated carbocycles. The highest BCUT2D eigenvalue weighted by atomic mass is 16.5. The Labute approximate surface area is 149 Å². The number of aryl methyl sites for hydroxylation is 2. The van der Waals surface area contributed by atoms with Crippen LogP contribution in [-0.2, 0) is 4.79 Å². The van der Waals surface area contributed by atoms with Crippen molar-refractivity contribution in [2.75, 3.05) is 25.5 Å². The average Bonchev–Trinajstić information content (AvgIpc) is 2.57. The summed E-state index contributed by atoms with van der Waals surface area (Å²) in [6.45, 7) is 5.87. The van der Waals surface area contributed by atoms with Crippen LogP contribution in [0.4, 0.5) is 5.69 Å². The first-order chi connectivity index (χ1) is 12.1. The van der Waals surface area contributed by atoms with E-state index < -0.39 is 0 Å². The normalized spacial score (nSPS) is 17.0. The summed E-state index contributed by atoms with van der Waals surface area (Å²) in [6, 6.07) is 14.7. The first-order valence-electron chi connectivity index (χ1n) is 8.82. The number of amides is 1. The minimum absolute atomic E-state index is 0.0741. The lowest BCUT2D eigenvalue weighted by molar-refractivity contribution is -0.117. The predicted molar refractivity (Wildman–Crippen MR) is 101 cm³/mol. The van der Waals surface area contributed by atoms with Gasteiger partial charge in [0.15, 0.2) is 0 Å². The second-order valence-corrected chi connectivity index (χ2v) is 6.73. The van der Waals surface area contributed by atoms with Gasteiger partial charge in [-0.2, -0.15) is 0 Å². The van der Waals surface area contributed by atoms with Gasteiger partial charge in [-0.15, -0.1) is 0 Å². The second-order valence-electron chi connectivity index (χ2n) is 6.73. The van der Waals surface area contributed by atoms with E-state index in [1.807, 2.05) is 38.1 Å². The zero-order valence-corrected chi connectivity index (χ0v) is 15.2. The number of rotatable bonds is 6. The number of anilines is 1. The van der Waals surface area contributed by atoms with E-state index in [0.29, 0.717) is 12.5 Å². The van der Waals surface area contributed by atoms with Crippen LogP contribution in [0.5, 0.6) is 5.75 Å². The average molecular weight is 338 g/mol. The minimum atomic E-state index is 0.0741. The lowest BCUT2D eigenvalue weighted by Gasteiger charge is -2.41. The monoisotopic (exact) mass is 338 g/mol. The summed E-state index contributed by atoms with van der Waals surface area (Å²) in [5, 5.41) is 3.04. The summed E-state index contributed by atoms with van der Waals surface area (Å²) in [5.41, 5.74) is 4.43. The lowest BCUT2D eigenvalue weighted by Crippen LogP contribution is -2.42. The number of methoxy groups -OCH3 is 1. The first kappa shape index (κ1) is 17.5. The second kappa shape index (κ2) is 7.70. The number of likely N-dealkylation sites (tertiary alicyclic amines) is 1. The number of ether oxygens (including phenoxy) is 1. The van der Waals surface area contributed by atoms with Crippen molar-refractivity contribution in [2.45, 2.75) is 32.7 Å². The zero-order chi connectivity index (χ0) is 17.8. The summed E-state index contributed by atoms with van der Waals surface area (Å²) in [6.07, 6.45) is 1.64. The van der Waals surface area contributed by atoms with Crippen LogP contribution in [0.1, 0.15) is 35.6 Å². The van der Waals surface area contributed by atoms with Gasteiger partial charge < -0.3 is 10.1 Å². The summed E-state index contributed by atoms with van der Waals surface area (Å²) in [5.74, 6) is 0.960. The van der Waals surface area contributed by atoms with Gasteiger partial charge in [0.25, 0.3) is 0 Å². The van der Waals surface area contributed by atoms with Crippen LogP contribution in [0.2, 0.25) is 0 Å². The maximum absolute atomic E-state index is 12.3. The van der Waals surface area contributed by atoms with E-state index in [-0.39, 0.29) is 5.91 Å². The molecule has 2 aromatic carbocycles. The van der Waals surface area contributed by atoms with Gasteiger partial charge >= 0.3 is 0 Å². The molecule has 4 nitrogen and oxygen atoms in total. The fourth-order valence-corrected chi connectivity index (χ4v) is 3.26. The lowest BCUT2D eigenvalue weighted by atomic mass is 9.94. The van der Waals surface area contributed by atoms with Crippen molar-refractivity contribution in [3.05, 3.63) is 59.2 Å². The van der Waals surface area contributed by atoms with Gasteiger partial charge in [0, 0.05) is 31.2 Å². The molecule has 1 heterocycles. The Hall–Kier alpha value is -2.33. The van der Waals surface area contributed by atoms with E-state index in [2.05, 4.69) is 28.4 Å². The fraction of sp³-hybridized carbons (Fsp3) is 0.381. The molecule has 1 aliphatic rings. The number of carbonyl (C=O) groups is 1. The van der Waals surface area contributed by atoms with Crippen molar-refractivity contribution in [3.63, 3.8) is 0 Å². The Morgan fingerprint density at radius 1 is 1.24 bits per heavy atom. The molecule has 0 unspecified atom stereocenters. The molecule has 4 heteroatoms. The van der Waals surface area contributed by atoms with Crippen molar-refractivity contribution >= 4 is 11.6 Å². The number of hydrogen-bond donors (Lipinski definition) is 1. The van der Waals surface area contributed by atoms with Crippen LogP contribution in [0, 0.1) is 13.8 Å². The largest absolute Gasteiger partial charge is 0.497 e. The number of carbonyl (C=O) groups excluding carboxylic acids is 1. The van der Waals surface area contributed by atoms with Crippen molar-refractivity contribution in [1.82, 2.24) is 4.90 Å². The van der Waals surface area contributed by atoms with E-state index in [9.17, 15) is 4.79 Å². The number of nitrogens with one attached hydrogen (secondary N) is 1. The number of benzene rings is 2. The third-order valence-electron chi connectivity index (χ3n) is 4.90. The SMILES string of the molecule is COc1cccc([C@H]2CCN2CCC(=O)Nc2cc(C)ccc2C)c1. The maximum atomic E-state index is 12.3. The summed E-state index contributed by atoms with van der Waals surface area (Å²) in [4.78, 5) is 14.7. The Kier molecular flexibility index (Phi) is 5.39. The summed E-state index contributed by atoms with van der Waals surface area (Å²) >= 11 is 0. The van der Waals surface area contributed by atoms with Crippen LogP contribution < -0.4 is 10.1 Å². The first-order valence-corrected chi connectivity index (χ1v) is 8.82. The smallest absolute Gasteiger partial charge is 0.225 e. The minimum Gasteiger partial charge on any atom is -0.497 e. The van der Waals surface area contributed by atoms with Gasteiger partial charge in [0.1, 0.15) is 5.75 Å². The van der Waals surface area contributed by atoms with E-state index in [1.165, 1.54) is 5.56 Å². The Balaban J connectivity index is 1.54. The van der Waals surface area contributed by atoms with Crippen LogP contribution in [0.15, 0.2) is 42.5 Å². The highest BCUT2D eigenvalue weighted by Crippen LogP contribution is 2.34. The van der Waals surface area contributed by atoms with Gasteiger partial charge in [-0.05, 0) is 55.2 Å². The number of nitrogens with zero attached hydrogens (tertiary/aromatic N) is 1. The van der Waals surface area contributed by atoms with Crippen molar-refractivity contribution < 1.29 is 9.53 Å². The standard InChI is InChI=1S/C21H26N2O2/c1-15-7-8-16(2)19(13-15)22-21(24)10-12-23-11-9-20(23)17-5-4-6-18(14-17)25-3/h4-8,13-14,20H,9-12H2,1-3H3,(H,22,24)/t20-/m1/s1. The van der Waals surface area contributed by atoms with Gasteiger partial charge in [0.05, 0.1) is 7.11 Å². The quantitative estimate of drug-likeness (QED) is 0.862. The molecule has 3 rings (SSSR count). The molecule has 0 aromatic heterocycles. The highest BCUT2D eigenvalue weighted by Gasteiger charge is 2.29. The van der Waals surface area contributed by atoms with Crippen LogP contribution in [-0.4, -0.2) is 31.0 Å². The van der Waals surface area contributed by atoms with E-state index in [4.69, 9.17) is 4.74 Å². The number of hydrogen-bond acceptors (Lipinski definition) is 3. The van der Waals surface area contributed by atoms with Gasteiger partial charge in [-0.25, -0.2) is 0 Å². The third kappa shape index (κ3) is 4.20. The molecular formula is C21H26N2O2. The molecule has 1 fully saturated rings. The van der Waals surface area contributed by atoms with Crippen LogP contribution in [0.25, 0.3) is 0 Å². The Morgan fingerprint density at radius 2 is 2.08 bits per heavy atom. The maximum Gasteiger partial charge on any atom is 0.225 e. The van der Waals surface area contributed by atoms with Gasteiger partial charge in [-0.3, -0.25) is 9.69 Å². The molecule has 1 aliphatic heterocycles. The van der Waals surface area contributed by atoms with Crippen LogP contribution in [0.3, 0.4) is 0 Å². The summed E-state index contributed by atoms with van der Waals surface area (Å²) in [7, 11) is 1.69. The van der Waals surface area contributed by atoms with Crippen molar-refractivity contribution in [2.24, 2.45) is 0 Å². The molecule has 25 heavy (non-hydrogen) atoms. The molecule has 1 atom stereocenters. The third-order valence-corrected chi connectivity index (χ3v) is 4.90. The molecule has 1 N–H and O–H groups in total. The molecule has 0 aliphatic carbocycles. The molecule has 132 valence electrons. The molecule has 1 saturated heterocycles. The Bertz CT molecular complexity index is 757. The highest BCUT2D eigenvalue weighted by molar-refractivity contribution is 5.91. The fourth-order valence-electron chi connectivity index (χ4n) is 3.26. The van der Waals surface area contributed by atoms with Crippen molar-refractivity contribution in [1.29, 1.82) is 0 Å². The molecular weight excluding hydrogens is 312 g/mol. The van der Waals surface area contributed by atoms with E-state index in [0.717, 1.165) is 42.1 Å². The molecule has 0 spiro atoms. The predicted octanol–water partition coefficient (Wildman–Crippen LogP) is 4.09. The van der Waals surface area contributed by atoms with Gasteiger partial charge in [-0.1, -0.05) is 24.3 Å². The van der Waals surface area contributed by atoms with Gasteiger partial charge in [0.2, 0.25) is 5.91 Å². The van der Waals surface area contributed by atoms with E-state index >= 15 is 0 Å². The van der Waals surface area contributed by atoms with Crippen molar-refractivity contribution in [3.8, 4) is 5.75 Å².